The zero-order valence-corrected chi connectivity index (χ0v) is 17.2. The number of para-hydroxylation sites is 1. The number of nitrogens with zero attached hydrogens (tertiary/aromatic N) is 4. The molecule has 4 rings (SSSR count). The van der Waals surface area contributed by atoms with Crippen LogP contribution in [0.4, 0.5) is 11.5 Å². The molecule has 0 fully saturated rings. The maximum Gasteiger partial charge on any atom is 0.256 e. The lowest BCUT2D eigenvalue weighted by Crippen LogP contribution is -2.15. The highest BCUT2D eigenvalue weighted by molar-refractivity contribution is 7.20. The second-order valence-corrected chi connectivity index (χ2v) is 7.98. The molecule has 6 nitrogen and oxygen atoms in total. The summed E-state index contributed by atoms with van der Waals surface area (Å²) in [7, 11) is 3.92. The van der Waals surface area contributed by atoms with Crippen LogP contribution in [0.1, 0.15) is 16.1 Å². The largest absolute Gasteiger partial charge is 0.378 e. The fraction of sp³-hybridized carbons (Fsp3) is 0.150. The number of benzene rings is 2. The van der Waals surface area contributed by atoms with Crippen LogP contribution in [0.25, 0.3) is 15.3 Å². The molecule has 0 aliphatic carbocycles. The van der Waals surface area contributed by atoms with Gasteiger partial charge in [-0.05, 0) is 43.3 Å². The molecule has 0 aliphatic rings. The van der Waals surface area contributed by atoms with Crippen molar-refractivity contribution >= 4 is 50.6 Å². The van der Waals surface area contributed by atoms with Gasteiger partial charge in [0.15, 0.2) is 0 Å². The normalized spacial score (nSPS) is 11.0. The van der Waals surface area contributed by atoms with E-state index in [1.54, 1.807) is 16.8 Å². The van der Waals surface area contributed by atoms with E-state index in [1.165, 1.54) is 11.3 Å². The third kappa shape index (κ3) is 3.46. The van der Waals surface area contributed by atoms with Crippen molar-refractivity contribution in [2.24, 2.45) is 0 Å². The van der Waals surface area contributed by atoms with Gasteiger partial charge in [-0.1, -0.05) is 29.0 Å². The smallest absolute Gasteiger partial charge is 0.256 e. The van der Waals surface area contributed by atoms with E-state index in [2.05, 4.69) is 15.4 Å². The number of anilines is 2. The van der Waals surface area contributed by atoms with E-state index in [1.807, 2.05) is 62.3 Å². The van der Waals surface area contributed by atoms with Gasteiger partial charge in [0, 0.05) is 31.4 Å². The van der Waals surface area contributed by atoms with Gasteiger partial charge in [-0.3, -0.25) is 4.79 Å². The third-order valence-corrected chi connectivity index (χ3v) is 5.56. The molecular formula is C20H18ClN5OS. The van der Waals surface area contributed by atoms with Crippen LogP contribution in [0.15, 0.2) is 48.5 Å². The number of hydrogen-bond donors (Lipinski definition) is 1. The average molecular weight is 412 g/mol. The Balaban J connectivity index is 1.65. The van der Waals surface area contributed by atoms with E-state index in [-0.39, 0.29) is 5.91 Å². The summed E-state index contributed by atoms with van der Waals surface area (Å²) in [5.41, 5.74) is 3.12. The standard InChI is InChI=1S/C20H18ClN5OS/c1-12-11-17(22-19(27)13-7-9-14(10-8-13)25(2)3)26(24-12)20-23-18-15(21)5-4-6-16(18)28-20/h4-11H,1-3H3,(H,22,27). The maximum atomic E-state index is 12.7. The second kappa shape index (κ2) is 7.26. The van der Waals surface area contributed by atoms with E-state index in [4.69, 9.17) is 11.6 Å². The Morgan fingerprint density at radius 2 is 1.93 bits per heavy atom. The number of amides is 1. The summed E-state index contributed by atoms with van der Waals surface area (Å²) in [5.74, 6) is 0.361. The lowest BCUT2D eigenvalue weighted by Gasteiger charge is -2.12. The molecule has 0 unspecified atom stereocenters. The highest BCUT2D eigenvalue weighted by Gasteiger charge is 2.16. The molecule has 0 spiro atoms. The van der Waals surface area contributed by atoms with Crippen LogP contribution in [-0.2, 0) is 0 Å². The van der Waals surface area contributed by atoms with Crippen LogP contribution in [0.2, 0.25) is 5.02 Å². The van der Waals surface area contributed by atoms with Crippen molar-refractivity contribution in [1.82, 2.24) is 14.8 Å². The summed E-state index contributed by atoms with van der Waals surface area (Å²) in [6.07, 6.45) is 0. The summed E-state index contributed by atoms with van der Waals surface area (Å²) in [6, 6.07) is 14.9. The molecule has 142 valence electrons. The number of carbonyl (C=O) groups is 1. The van der Waals surface area contributed by atoms with Crippen LogP contribution < -0.4 is 10.2 Å². The SMILES string of the molecule is Cc1cc(NC(=O)c2ccc(N(C)C)cc2)n(-c2nc3c(Cl)cccc3s2)n1. The molecule has 28 heavy (non-hydrogen) atoms. The van der Waals surface area contributed by atoms with Crippen molar-refractivity contribution < 1.29 is 4.79 Å². The number of halogens is 1. The number of fused-ring (bicyclic) bond motifs is 1. The van der Waals surface area contributed by atoms with Crippen molar-refractivity contribution in [3.63, 3.8) is 0 Å². The van der Waals surface area contributed by atoms with Crippen molar-refractivity contribution in [2.45, 2.75) is 6.92 Å². The van der Waals surface area contributed by atoms with Gasteiger partial charge >= 0.3 is 0 Å². The molecule has 1 N–H and O–H groups in total. The Hall–Kier alpha value is -2.90. The minimum atomic E-state index is -0.203. The quantitative estimate of drug-likeness (QED) is 0.525. The first kappa shape index (κ1) is 18.5. The highest BCUT2D eigenvalue weighted by atomic mass is 35.5. The molecule has 0 atom stereocenters. The molecule has 8 heteroatoms. The predicted molar refractivity (Wildman–Crippen MR) is 115 cm³/mol. The van der Waals surface area contributed by atoms with Gasteiger partial charge in [0.2, 0.25) is 5.13 Å². The van der Waals surface area contributed by atoms with Gasteiger partial charge in [-0.25, -0.2) is 4.98 Å². The number of thiazole rings is 1. The lowest BCUT2D eigenvalue weighted by molar-refractivity contribution is 0.102. The first-order valence-electron chi connectivity index (χ1n) is 8.63. The van der Waals surface area contributed by atoms with E-state index in [0.29, 0.717) is 21.5 Å². The molecule has 0 saturated heterocycles. The fourth-order valence-corrected chi connectivity index (χ4v) is 4.06. The van der Waals surface area contributed by atoms with Gasteiger partial charge in [0.25, 0.3) is 5.91 Å². The molecule has 2 aromatic carbocycles. The molecule has 1 amide bonds. The summed E-state index contributed by atoms with van der Waals surface area (Å²) < 4.78 is 2.61. The summed E-state index contributed by atoms with van der Waals surface area (Å²) in [6.45, 7) is 1.87. The third-order valence-electron chi connectivity index (χ3n) is 4.26. The minimum Gasteiger partial charge on any atom is -0.378 e. The molecule has 0 aliphatic heterocycles. The van der Waals surface area contributed by atoms with E-state index in [9.17, 15) is 4.79 Å². The van der Waals surface area contributed by atoms with Crippen LogP contribution in [-0.4, -0.2) is 34.8 Å². The van der Waals surface area contributed by atoms with Gasteiger partial charge < -0.3 is 10.2 Å². The van der Waals surface area contributed by atoms with Gasteiger partial charge in [0.1, 0.15) is 11.3 Å². The number of nitrogens with one attached hydrogen (secondary N) is 1. The van der Waals surface area contributed by atoms with Crippen LogP contribution in [0.5, 0.6) is 0 Å². The second-order valence-electron chi connectivity index (χ2n) is 6.56. The van der Waals surface area contributed by atoms with E-state index >= 15 is 0 Å². The fourth-order valence-electron chi connectivity index (χ4n) is 2.83. The number of rotatable bonds is 4. The molecule has 4 aromatic rings. The summed E-state index contributed by atoms with van der Waals surface area (Å²) in [5, 5.41) is 8.67. The van der Waals surface area contributed by atoms with Crippen LogP contribution in [0.3, 0.4) is 0 Å². The summed E-state index contributed by atoms with van der Waals surface area (Å²) in [4.78, 5) is 19.3. The number of aromatic nitrogens is 3. The van der Waals surface area contributed by atoms with Gasteiger partial charge in [-0.2, -0.15) is 9.78 Å². The van der Waals surface area contributed by atoms with Crippen molar-refractivity contribution in [3.8, 4) is 5.13 Å². The molecule has 2 aromatic heterocycles. The minimum absolute atomic E-state index is 0.203. The van der Waals surface area contributed by atoms with Crippen molar-refractivity contribution in [1.29, 1.82) is 0 Å². The Kier molecular flexibility index (Phi) is 4.78. The molecule has 0 radical (unpaired) electrons. The molecule has 0 saturated carbocycles. The molecular weight excluding hydrogens is 394 g/mol. The van der Waals surface area contributed by atoms with E-state index in [0.717, 1.165) is 21.6 Å². The van der Waals surface area contributed by atoms with Crippen LogP contribution in [0, 0.1) is 6.92 Å². The predicted octanol–water partition coefficient (Wildman–Crippen LogP) is 4.76. The number of aryl methyl sites for hydroxylation is 1. The van der Waals surface area contributed by atoms with Crippen molar-refractivity contribution in [3.05, 3.63) is 64.8 Å². The zero-order chi connectivity index (χ0) is 19.8. The van der Waals surface area contributed by atoms with Gasteiger partial charge in [0.05, 0.1) is 15.4 Å². The lowest BCUT2D eigenvalue weighted by atomic mass is 10.2. The topological polar surface area (TPSA) is 63.1 Å². The first-order chi connectivity index (χ1) is 13.4. The average Bonchev–Trinajstić information content (AvgIpc) is 3.26. The van der Waals surface area contributed by atoms with Gasteiger partial charge in [-0.15, -0.1) is 0 Å². The Morgan fingerprint density at radius 3 is 2.61 bits per heavy atom. The highest BCUT2D eigenvalue weighted by Crippen LogP contribution is 2.31. The monoisotopic (exact) mass is 411 g/mol. The zero-order valence-electron chi connectivity index (χ0n) is 15.6. The van der Waals surface area contributed by atoms with Crippen molar-refractivity contribution in [2.75, 3.05) is 24.3 Å². The maximum absolute atomic E-state index is 12.7. The van der Waals surface area contributed by atoms with Crippen LogP contribution >= 0.6 is 22.9 Å². The Morgan fingerprint density at radius 1 is 1.18 bits per heavy atom. The Labute approximate surface area is 171 Å². The summed E-state index contributed by atoms with van der Waals surface area (Å²) >= 11 is 7.71. The Bertz CT molecular complexity index is 1160. The first-order valence-corrected chi connectivity index (χ1v) is 9.82. The number of hydrogen-bond acceptors (Lipinski definition) is 5. The molecule has 2 heterocycles. The van der Waals surface area contributed by atoms with E-state index < -0.39 is 0 Å². The number of carbonyl (C=O) groups excluding carboxylic acids is 1. The molecule has 0 bridgehead atoms.